The van der Waals surface area contributed by atoms with Crippen LogP contribution in [0, 0.1) is 13.8 Å². The minimum atomic E-state index is -0.316. The Hall–Kier alpha value is -3.33. The number of thiocarbonyl (C=S) groups is 1. The molecule has 6 nitrogen and oxygen atoms in total. The summed E-state index contributed by atoms with van der Waals surface area (Å²) in [6.07, 6.45) is 2.46. The van der Waals surface area contributed by atoms with Gasteiger partial charge < -0.3 is 14.8 Å². The maximum Gasteiger partial charge on any atom is 0.266 e. The van der Waals surface area contributed by atoms with Gasteiger partial charge in [-0.15, -0.1) is 0 Å². The van der Waals surface area contributed by atoms with Gasteiger partial charge in [-0.3, -0.25) is 14.5 Å². The lowest BCUT2D eigenvalue weighted by Crippen LogP contribution is -2.30. The fourth-order valence-corrected chi connectivity index (χ4v) is 5.66. The fourth-order valence-electron chi connectivity index (χ4n) is 4.08. The third-order valence-electron chi connectivity index (χ3n) is 5.97. The van der Waals surface area contributed by atoms with Crippen molar-refractivity contribution in [3.63, 3.8) is 0 Å². The molecule has 1 heterocycles. The number of amides is 2. The van der Waals surface area contributed by atoms with Crippen LogP contribution in [-0.2, 0) is 16.0 Å². The van der Waals surface area contributed by atoms with Crippen molar-refractivity contribution >= 4 is 63.5 Å². The normalized spacial score (nSPS) is 14.2. The van der Waals surface area contributed by atoms with Crippen LogP contribution >= 0.6 is 35.6 Å². The largest absolute Gasteiger partial charge is 0.490 e. The van der Waals surface area contributed by atoms with Crippen LogP contribution in [-0.4, -0.2) is 40.8 Å². The van der Waals surface area contributed by atoms with E-state index in [0.717, 1.165) is 22.4 Å². The van der Waals surface area contributed by atoms with Crippen LogP contribution in [0.2, 0.25) is 5.02 Å². The molecule has 0 spiro atoms. The molecule has 202 valence electrons. The monoisotopic (exact) mass is 580 g/mol. The number of nitrogens with one attached hydrogen (secondary N) is 1. The molecule has 0 radical (unpaired) electrons. The summed E-state index contributed by atoms with van der Waals surface area (Å²) < 4.78 is 12.1. The SMILES string of the molecule is CCOc1cc(/C=C2\SC(=S)N(CCc3ccccc3)C2=O)cc(Cl)c1OCC(=O)Nc1ccc(C)cc1C. The Morgan fingerprint density at radius 1 is 1.10 bits per heavy atom. The van der Waals surface area contributed by atoms with E-state index in [9.17, 15) is 9.59 Å². The average Bonchev–Trinajstić information content (AvgIpc) is 3.16. The number of rotatable bonds is 10. The molecule has 1 saturated heterocycles. The number of benzene rings is 3. The molecule has 1 aliphatic rings. The van der Waals surface area contributed by atoms with E-state index in [0.29, 0.717) is 40.1 Å². The highest BCUT2D eigenvalue weighted by molar-refractivity contribution is 8.26. The maximum atomic E-state index is 13.1. The molecule has 1 aliphatic heterocycles. The Balaban J connectivity index is 1.46. The smallest absolute Gasteiger partial charge is 0.266 e. The molecule has 0 saturated carbocycles. The van der Waals surface area contributed by atoms with Crippen LogP contribution in [0.4, 0.5) is 5.69 Å². The van der Waals surface area contributed by atoms with E-state index in [1.807, 2.05) is 69.3 Å². The Labute approximate surface area is 243 Å². The fraction of sp³-hybridized carbons (Fsp3) is 0.233. The number of nitrogens with zero attached hydrogens (tertiary/aromatic N) is 1. The number of anilines is 1. The minimum absolute atomic E-state index is 0.140. The number of aryl methyl sites for hydroxylation is 2. The van der Waals surface area contributed by atoms with Gasteiger partial charge in [-0.25, -0.2) is 0 Å². The summed E-state index contributed by atoms with van der Waals surface area (Å²) in [6.45, 7) is 6.40. The van der Waals surface area contributed by atoms with Crippen LogP contribution in [0.1, 0.15) is 29.2 Å². The third kappa shape index (κ3) is 7.41. The molecular weight excluding hydrogens is 552 g/mol. The van der Waals surface area contributed by atoms with Crippen molar-refractivity contribution in [2.75, 3.05) is 25.1 Å². The summed E-state index contributed by atoms with van der Waals surface area (Å²) in [6, 6.07) is 19.2. The first kappa shape index (κ1) is 28.7. The molecule has 0 atom stereocenters. The summed E-state index contributed by atoms with van der Waals surface area (Å²) >= 11 is 13.3. The summed E-state index contributed by atoms with van der Waals surface area (Å²) in [5.74, 6) is 0.194. The van der Waals surface area contributed by atoms with E-state index in [4.69, 9.17) is 33.3 Å². The first-order valence-electron chi connectivity index (χ1n) is 12.5. The molecule has 2 amide bonds. The maximum absolute atomic E-state index is 13.1. The molecule has 9 heteroatoms. The minimum Gasteiger partial charge on any atom is -0.490 e. The standard InChI is InChI=1S/C30H29ClN2O4S2/c1-4-36-25-16-22(17-26-29(35)33(30(38)39-26)13-12-21-8-6-5-7-9-21)15-23(31)28(25)37-18-27(34)32-24-11-10-19(2)14-20(24)3/h5-11,14-17H,4,12-13,18H2,1-3H3,(H,32,34)/b26-17-. The number of carbonyl (C=O) groups is 2. The van der Waals surface area contributed by atoms with Gasteiger partial charge in [0.1, 0.15) is 4.32 Å². The van der Waals surface area contributed by atoms with Crippen LogP contribution in [0.3, 0.4) is 0 Å². The highest BCUT2D eigenvalue weighted by Crippen LogP contribution is 2.39. The van der Waals surface area contributed by atoms with E-state index < -0.39 is 0 Å². The Bertz CT molecular complexity index is 1430. The predicted molar refractivity (Wildman–Crippen MR) is 163 cm³/mol. The first-order valence-corrected chi connectivity index (χ1v) is 14.1. The Kier molecular flexibility index (Phi) is 9.67. The van der Waals surface area contributed by atoms with Crippen LogP contribution in [0.5, 0.6) is 11.5 Å². The summed E-state index contributed by atoms with van der Waals surface area (Å²) in [5, 5.41) is 3.13. The molecule has 3 aromatic rings. The van der Waals surface area contributed by atoms with Gasteiger partial charge in [0.05, 0.1) is 16.5 Å². The van der Waals surface area contributed by atoms with Gasteiger partial charge in [0.2, 0.25) is 0 Å². The molecule has 39 heavy (non-hydrogen) atoms. The molecule has 3 aromatic carbocycles. The van der Waals surface area contributed by atoms with Gasteiger partial charge in [0.25, 0.3) is 11.8 Å². The van der Waals surface area contributed by atoms with Crippen LogP contribution in [0.15, 0.2) is 65.6 Å². The summed E-state index contributed by atoms with van der Waals surface area (Å²) in [7, 11) is 0. The van der Waals surface area contributed by atoms with Gasteiger partial charge in [0.15, 0.2) is 18.1 Å². The topological polar surface area (TPSA) is 67.9 Å². The van der Waals surface area contributed by atoms with E-state index in [-0.39, 0.29) is 29.2 Å². The van der Waals surface area contributed by atoms with Crippen molar-refractivity contribution < 1.29 is 19.1 Å². The van der Waals surface area contributed by atoms with Gasteiger partial charge >= 0.3 is 0 Å². The second-order valence-electron chi connectivity index (χ2n) is 8.99. The van der Waals surface area contributed by atoms with Crippen LogP contribution in [0.25, 0.3) is 6.08 Å². The third-order valence-corrected chi connectivity index (χ3v) is 7.63. The Morgan fingerprint density at radius 2 is 1.87 bits per heavy atom. The molecule has 4 rings (SSSR count). The van der Waals surface area contributed by atoms with Crippen molar-refractivity contribution in [2.24, 2.45) is 0 Å². The van der Waals surface area contributed by atoms with Gasteiger partial charge in [-0.05, 0) is 68.2 Å². The second-order valence-corrected chi connectivity index (χ2v) is 11.1. The highest BCUT2D eigenvalue weighted by Gasteiger charge is 2.31. The van der Waals surface area contributed by atoms with Gasteiger partial charge in [-0.1, -0.05) is 83.6 Å². The number of halogens is 1. The molecular formula is C30H29ClN2O4S2. The molecule has 0 bridgehead atoms. The number of carbonyl (C=O) groups excluding carboxylic acids is 2. The number of hydrogen-bond donors (Lipinski definition) is 1. The van der Waals surface area contributed by atoms with E-state index in [1.54, 1.807) is 23.1 Å². The van der Waals surface area contributed by atoms with Crippen molar-refractivity contribution in [3.8, 4) is 11.5 Å². The average molecular weight is 581 g/mol. The lowest BCUT2D eigenvalue weighted by atomic mass is 10.1. The molecule has 0 aliphatic carbocycles. The quantitative estimate of drug-likeness (QED) is 0.210. The van der Waals surface area contributed by atoms with Crippen molar-refractivity contribution in [3.05, 3.63) is 92.8 Å². The van der Waals surface area contributed by atoms with E-state index in [2.05, 4.69) is 5.32 Å². The van der Waals surface area contributed by atoms with E-state index in [1.165, 1.54) is 11.8 Å². The second kappa shape index (κ2) is 13.2. The van der Waals surface area contributed by atoms with Gasteiger partial charge in [-0.2, -0.15) is 0 Å². The highest BCUT2D eigenvalue weighted by atomic mass is 35.5. The lowest BCUT2D eigenvalue weighted by molar-refractivity contribution is -0.122. The number of hydrogen-bond acceptors (Lipinski definition) is 6. The molecule has 0 unspecified atom stereocenters. The zero-order valence-corrected chi connectivity index (χ0v) is 24.3. The Morgan fingerprint density at radius 3 is 2.59 bits per heavy atom. The van der Waals surface area contributed by atoms with E-state index >= 15 is 0 Å². The first-order chi connectivity index (χ1) is 18.7. The molecule has 0 aromatic heterocycles. The number of thioether (sulfide) groups is 1. The zero-order chi connectivity index (χ0) is 27.9. The molecule has 1 fully saturated rings. The summed E-state index contributed by atoms with van der Waals surface area (Å²) in [4.78, 5) is 27.8. The van der Waals surface area contributed by atoms with Crippen LogP contribution < -0.4 is 14.8 Å². The molecule has 1 N–H and O–H groups in total. The summed E-state index contributed by atoms with van der Waals surface area (Å²) in [5.41, 5.74) is 4.61. The van der Waals surface area contributed by atoms with Gasteiger partial charge in [0, 0.05) is 12.2 Å². The van der Waals surface area contributed by atoms with Crippen molar-refractivity contribution in [1.82, 2.24) is 4.90 Å². The lowest BCUT2D eigenvalue weighted by Gasteiger charge is -2.15. The van der Waals surface area contributed by atoms with Crippen molar-refractivity contribution in [1.29, 1.82) is 0 Å². The number of ether oxygens (including phenoxy) is 2. The van der Waals surface area contributed by atoms with Crippen molar-refractivity contribution in [2.45, 2.75) is 27.2 Å². The predicted octanol–water partition coefficient (Wildman–Crippen LogP) is 6.82. The zero-order valence-electron chi connectivity index (χ0n) is 22.0.